The van der Waals surface area contributed by atoms with Gasteiger partial charge in [0.1, 0.15) is 0 Å². The molecule has 0 heterocycles. The normalized spacial score (nSPS) is 9.33. The number of hydrogen-bond donors (Lipinski definition) is 1. The zero-order chi connectivity index (χ0) is 8.97. The summed E-state index contributed by atoms with van der Waals surface area (Å²) in [6, 6.07) is 9.06. The van der Waals surface area contributed by atoms with Gasteiger partial charge in [-0.1, -0.05) is 36.9 Å². The summed E-state index contributed by atoms with van der Waals surface area (Å²) in [4.78, 5) is 11.3. The first-order chi connectivity index (χ1) is 5.70. The van der Waals surface area contributed by atoms with E-state index in [1.165, 1.54) is 0 Å². The zero-order valence-electron chi connectivity index (χ0n) is 6.79. The van der Waals surface area contributed by atoms with Crippen LogP contribution in [0.1, 0.15) is 16.8 Å². The largest absolute Gasteiger partial charge is 0.402 e. The third kappa shape index (κ3) is 2.23. The molecule has 2 N–H and O–H groups in total. The van der Waals surface area contributed by atoms with Crippen molar-refractivity contribution in [1.29, 1.82) is 0 Å². The average molecular weight is 161 g/mol. The van der Waals surface area contributed by atoms with Gasteiger partial charge < -0.3 is 5.73 Å². The van der Waals surface area contributed by atoms with Crippen LogP contribution in [0.2, 0.25) is 0 Å². The molecule has 0 aliphatic heterocycles. The number of rotatable bonds is 3. The van der Waals surface area contributed by atoms with Gasteiger partial charge >= 0.3 is 0 Å². The van der Waals surface area contributed by atoms with Gasteiger partial charge in [0.25, 0.3) is 0 Å². The Morgan fingerprint density at radius 2 is 1.92 bits per heavy atom. The van der Waals surface area contributed by atoms with Gasteiger partial charge in [-0.15, -0.1) is 0 Å². The van der Waals surface area contributed by atoms with Crippen LogP contribution >= 0.6 is 0 Å². The van der Waals surface area contributed by atoms with Crippen molar-refractivity contribution >= 4 is 5.78 Å². The summed E-state index contributed by atoms with van der Waals surface area (Å²) in [7, 11) is 0. The Balaban J connectivity index is 2.73. The number of carbonyl (C=O) groups is 1. The first-order valence-corrected chi connectivity index (χ1v) is 3.71. The minimum absolute atomic E-state index is 0.0168. The highest BCUT2D eigenvalue weighted by Gasteiger charge is 2.03. The maximum atomic E-state index is 11.3. The fraction of sp³-hybridized carbons (Fsp3) is 0.100. The molecule has 0 aliphatic rings. The second-order valence-electron chi connectivity index (χ2n) is 2.62. The number of benzene rings is 1. The number of nitrogens with two attached hydrogens (primary N) is 1. The molecule has 2 nitrogen and oxygen atoms in total. The Labute approximate surface area is 71.7 Å². The Kier molecular flexibility index (Phi) is 2.64. The maximum absolute atomic E-state index is 11.3. The topological polar surface area (TPSA) is 43.1 Å². The molecule has 2 heteroatoms. The molecule has 62 valence electrons. The van der Waals surface area contributed by atoms with Gasteiger partial charge in [-0.05, 0) is 0 Å². The van der Waals surface area contributed by atoms with E-state index in [-0.39, 0.29) is 12.2 Å². The first-order valence-electron chi connectivity index (χ1n) is 3.71. The van der Waals surface area contributed by atoms with Gasteiger partial charge in [-0.25, -0.2) is 0 Å². The molecule has 0 radical (unpaired) electrons. The minimum Gasteiger partial charge on any atom is -0.402 e. The summed E-state index contributed by atoms with van der Waals surface area (Å²) in [6.45, 7) is 3.48. The van der Waals surface area contributed by atoms with E-state index in [4.69, 9.17) is 5.73 Å². The number of carbonyl (C=O) groups excluding carboxylic acids is 1. The molecule has 12 heavy (non-hydrogen) atoms. The van der Waals surface area contributed by atoms with E-state index in [0.29, 0.717) is 11.3 Å². The molecule has 0 aliphatic carbocycles. The quantitative estimate of drug-likeness (QED) is 0.686. The summed E-state index contributed by atoms with van der Waals surface area (Å²) in [6.07, 6.45) is 0.226. The summed E-state index contributed by atoms with van der Waals surface area (Å²) < 4.78 is 0. The van der Waals surface area contributed by atoms with Crippen molar-refractivity contribution in [2.45, 2.75) is 6.42 Å². The van der Waals surface area contributed by atoms with Crippen LogP contribution in [0.3, 0.4) is 0 Å². The van der Waals surface area contributed by atoms with E-state index in [0.717, 1.165) is 0 Å². The van der Waals surface area contributed by atoms with Gasteiger partial charge in [0.2, 0.25) is 0 Å². The van der Waals surface area contributed by atoms with E-state index in [1.807, 2.05) is 18.2 Å². The molecule has 0 aromatic heterocycles. The summed E-state index contributed by atoms with van der Waals surface area (Å²) in [5.74, 6) is 0.0168. The van der Waals surface area contributed by atoms with Crippen molar-refractivity contribution in [2.24, 2.45) is 5.73 Å². The van der Waals surface area contributed by atoms with E-state index in [1.54, 1.807) is 12.1 Å². The van der Waals surface area contributed by atoms with Gasteiger partial charge in [0.15, 0.2) is 5.78 Å². The van der Waals surface area contributed by atoms with Crippen LogP contribution in [-0.2, 0) is 0 Å². The molecule has 0 saturated heterocycles. The molecular formula is C10H11NO. The van der Waals surface area contributed by atoms with Crippen molar-refractivity contribution in [3.05, 3.63) is 48.2 Å². The van der Waals surface area contributed by atoms with Gasteiger partial charge in [-0.3, -0.25) is 4.79 Å². The molecular weight excluding hydrogens is 150 g/mol. The lowest BCUT2D eigenvalue weighted by atomic mass is 10.1. The highest BCUT2D eigenvalue weighted by Crippen LogP contribution is 2.04. The van der Waals surface area contributed by atoms with E-state index >= 15 is 0 Å². The Morgan fingerprint density at radius 3 is 2.42 bits per heavy atom. The summed E-state index contributed by atoms with van der Waals surface area (Å²) in [5, 5.41) is 0. The zero-order valence-corrected chi connectivity index (χ0v) is 6.79. The molecule has 0 unspecified atom stereocenters. The van der Waals surface area contributed by atoms with Crippen LogP contribution in [0.4, 0.5) is 0 Å². The second kappa shape index (κ2) is 3.72. The maximum Gasteiger partial charge on any atom is 0.168 e. The standard InChI is InChI=1S/C10H11NO/c1-8(11)7-10(12)9-5-3-2-4-6-9/h2-6H,1,7,11H2. The number of allylic oxidation sites excluding steroid dienone is 1. The van der Waals surface area contributed by atoms with Crippen LogP contribution < -0.4 is 5.73 Å². The van der Waals surface area contributed by atoms with Gasteiger partial charge in [-0.2, -0.15) is 0 Å². The Hall–Kier alpha value is -1.57. The van der Waals surface area contributed by atoms with E-state index in [9.17, 15) is 4.79 Å². The molecule has 1 rings (SSSR count). The van der Waals surface area contributed by atoms with Crippen LogP contribution in [0.15, 0.2) is 42.6 Å². The van der Waals surface area contributed by atoms with Crippen LogP contribution in [0.25, 0.3) is 0 Å². The lowest BCUT2D eigenvalue weighted by Crippen LogP contribution is -2.04. The van der Waals surface area contributed by atoms with E-state index in [2.05, 4.69) is 6.58 Å². The smallest absolute Gasteiger partial charge is 0.168 e. The third-order valence-corrected chi connectivity index (χ3v) is 1.48. The predicted molar refractivity (Wildman–Crippen MR) is 48.7 cm³/mol. The molecule has 1 aromatic rings. The summed E-state index contributed by atoms with van der Waals surface area (Å²) in [5.41, 5.74) is 6.41. The molecule has 1 aromatic carbocycles. The van der Waals surface area contributed by atoms with Crippen molar-refractivity contribution in [1.82, 2.24) is 0 Å². The Morgan fingerprint density at radius 1 is 1.33 bits per heavy atom. The Bertz CT molecular complexity index is 290. The summed E-state index contributed by atoms with van der Waals surface area (Å²) >= 11 is 0. The minimum atomic E-state index is 0.0168. The molecule has 0 amide bonds. The fourth-order valence-electron chi connectivity index (χ4n) is 0.932. The molecule has 0 bridgehead atoms. The monoisotopic (exact) mass is 161 g/mol. The van der Waals surface area contributed by atoms with Crippen LogP contribution in [0, 0.1) is 0 Å². The predicted octanol–water partition coefficient (Wildman–Crippen LogP) is 1.73. The van der Waals surface area contributed by atoms with Crippen LogP contribution in [0.5, 0.6) is 0 Å². The number of Topliss-reactive ketones (excluding diaryl/α,β-unsaturated/α-hetero) is 1. The van der Waals surface area contributed by atoms with Gasteiger partial charge in [0.05, 0.1) is 6.42 Å². The molecule has 0 fully saturated rings. The lowest BCUT2D eigenvalue weighted by Gasteiger charge is -1.98. The molecule has 0 saturated carbocycles. The van der Waals surface area contributed by atoms with E-state index < -0.39 is 0 Å². The average Bonchev–Trinajstić information content (AvgIpc) is 2.05. The van der Waals surface area contributed by atoms with Crippen molar-refractivity contribution in [3.8, 4) is 0 Å². The second-order valence-corrected chi connectivity index (χ2v) is 2.62. The van der Waals surface area contributed by atoms with Gasteiger partial charge in [0, 0.05) is 11.3 Å². The highest BCUT2D eigenvalue weighted by atomic mass is 16.1. The third-order valence-electron chi connectivity index (χ3n) is 1.48. The number of hydrogen-bond acceptors (Lipinski definition) is 2. The fourth-order valence-corrected chi connectivity index (χ4v) is 0.932. The molecule has 0 spiro atoms. The SMILES string of the molecule is C=C(N)CC(=O)c1ccccc1. The van der Waals surface area contributed by atoms with Crippen molar-refractivity contribution in [3.63, 3.8) is 0 Å². The van der Waals surface area contributed by atoms with Crippen molar-refractivity contribution < 1.29 is 4.79 Å². The number of ketones is 1. The van der Waals surface area contributed by atoms with Crippen LogP contribution in [-0.4, -0.2) is 5.78 Å². The highest BCUT2D eigenvalue weighted by molar-refractivity contribution is 5.97. The lowest BCUT2D eigenvalue weighted by molar-refractivity contribution is 0.0993. The molecule has 0 atom stereocenters. The van der Waals surface area contributed by atoms with Crippen molar-refractivity contribution in [2.75, 3.05) is 0 Å². The first kappa shape index (κ1) is 8.53.